The maximum absolute atomic E-state index is 13.6. The Morgan fingerprint density at radius 1 is 0.878 bits per heavy atom. The van der Waals surface area contributed by atoms with Crippen LogP contribution in [0.2, 0.25) is 0 Å². The molecule has 0 spiro atoms. The van der Waals surface area contributed by atoms with E-state index in [1.165, 1.54) is 103 Å². The minimum absolute atomic E-state index is 0.152. The fraction of sp³-hybridized carbons (Fsp3) is 0.824. The fourth-order valence-corrected chi connectivity index (χ4v) is 8.18. The number of unbranched alkanes of at least 4 members (excludes halogenated alkanes) is 15. The summed E-state index contributed by atoms with van der Waals surface area (Å²) >= 11 is 5.68. The topological polar surface area (TPSA) is 150 Å². The highest BCUT2D eigenvalue weighted by Crippen LogP contribution is 2.48. The predicted molar refractivity (Wildman–Crippen MR) is 201 cm³/mol. The van der Waals surface area contributed by atoms with Crippen LogP contribution in [0.4, 0.5) is 10.6 Å². The van der Waals surface area contributed by atoms with Crippen LogP contribution in [0.1, 0.15) is 130 Å². The number of imidazole rings is 1. The van der Waals surface area contributed by atoms with E-state index < -0.39 is 26.6 Å². The smallest absolute Gasteiger partial charge is 0.432 e. The van der Waals surface area contributed by atoms with Gasteiger partial charge in [0, 0.05) is 5.75 Å². The van der Waals surface area contributed by atoms with Gasteiger partial charge in [0.25, 0.3) is 0 Å². The minimum atomic E-state index is -3.80. The van der Waals surface area contributed by atoms with Crippen molar-refractivity contribution in [2.45, 2.75) is 149 Å². The first-order valence-corrected chi connectivity index (χ1v) is 22.4. The number of nitrogen functional groups attached to an aromatic ring is 1. The van der Waals surface area contributed by atoms with Crippen molar-refractivity contribution in [1.29, 1.82) is 0 Å². The molecule has 2 N–H and O–H groups in total. The highest BCUT2D eigenvalue weighted by atomic mass is 32.8. The van der Waals surface area contributed by atoms with Crippen molar-refractivity contribution in [3.05, 3.63) is 12.7 Å². The molecule has 15 heteroatoms. The lowest BCUT2D eigenvalue weighted by atomic mass is 10.0. The summed E-state index contributed by atoms with van der Waals surface area (Å²) in [6.07, 6.45) is 22.3. The van der Waals surface area contributed by atoms with Gasteiger partial charge < -0.3 is 29.0 Å². The molecule has 0 amide bonds. The van der Waals surface area contributed by atoms with E-state index in [9.17, 15) is 9.36 Å². The number of fused-ring (bicyclic) bond motifs is 1. The molecule has 0 saturated carbocycles. The number of nitrogens with zero attached hydrogens (tertiary/aromatic N) is 4. The molecule has 282 valence electrons. The van der Waals surface area contributed by atoms with Gasteiger partial charge in [0.2, 0.25) is 6.79 Å². The molecule has 2 aromatic rings. The van der Waals surface area contributed by atoms with Gasteiger partial charge in [0.05, 0.1) is 31.7 Å². The molecular formula is C34H62N5O7PS2. The average Bonchev–Trinajstić information content (AvgIpc) is 3.47. The van der Waals surface area contributed by atoms with Crippen LogP contribution in [-0.2, 0) is 55.0 Å². The minimum Gasteiger partial charge on any atom is -0.432 e. The Morgan fingerprint density at radius 3 is 2.06 bits per heavy atom. The molecule has 0 aromatic carbocycles. The third-order valence-corrected chi connectivity index (χ3v) is 11.9. The predicted octanol–water partition coefficient (Wildman–Crippen LogP) is 8.86. The first-order valence-electron chi connectivity index (χ1n) is 18.2. The molecule has 12 nitrogen and oxygen atoms in total. The van der Waals surface area contributed by atoms with Gasteiger partial charge in [-0.05, 0) is 32.9 Å². The number of ether oxygens (including phenoxy) is 3. The molecule has 0 radical (unpaired) electrons. The second kappa shape index (κ2) is 26.1. The van der Waals surface area contributed by atoms with Crippen LogP contribution in [0, 0.1) is 0 Å². The number of nitrogens with two attached hydrogens (primary N) is 1. The van der Waals surface area contributed by atoms with Gasteiger partial charge >= 0.3 is 13.8 Å². The second-order valence-electron chi connectivity index (χ2n) is 12.8. The third-order valence-electron chi connectivity index (χ3n) is 7.98. The summed E-state index contributed by atoms with van der Waals surface area (Å²) in [4.78, 5) is 24.2. The van der Waals surface area contributed by atoms with E-state index in [0.717, 1.165) is 12.2 Å². The van der Waals surface area contributed by atoms with Gasteiger partial charge in [-0.1, -0.05) is 114 Å². The first-order chi connectivity index (χ1) is 23.6. The largest absolute Gasteiger partial charge is 0.510 e. The molecule has 3 atom stereocenters. The van der Waals surface area contributed by atoms with E-state index in [2.05, 4.69) is 21.9 Å². The van der Waals surface area contributed by atoms with Crippen LogP contribution < -0.4 is 5.73 Å². The molecule has 2 heterocycles. The molecule has 49 heavy (non-hydrogen) atoms. The zero-order valence-corrected chi connectivity index (χ0v) is 32.9. The second-order valence-corrected chi connectivity index (χ2v) is 17.9. The van der Waals surface area contributed by atoms with Crippen molar-refractivity contribution in [2.24, 2.45) is 0 Å². The Kier molecular flexibility index (Phi) is 23.2. The van der Waals surface area contributed by atoms with Crippen molar-refractivity contribution in [1.82, 2.24) is 19.5 Å². The summed E-state index contributed by atoms with van der Waals surface area (Å²) in [5, 5.41) is 0. The molecule has 1 unspecified atom stereocenters. The van der Waals surface area contributed by atoms with Crippen LogP contribution in [0.5, 0.6) is 0 Å². The fourth-order valence-electron chi connectivity index (χ4n) is 5.26. The number of hydrogen-bond acceptors (Lipinski definition) is 12. The lowest BCUT2D eigenvalue weighted by molar-refractivity contribution is -0.0177. The zero-order chi connectivity index (χ0) is 35.7. The maximum atomic E-state index is 13.6. The van der Waals surface area contributed by atoms with Gasteiger partial charge in [0.15, 0.2) is 11.5 Å². The van der Waals surface area contributed by atoms with Crippen molar-refractivity contribution >= 4 is 51.4 Å². The van der Waals surface area contributed by atoms with E-state index in [-0.39, 0.29) is 34.3 Å². The van der Waals surface area contributed by atoms with Crippen LogP contribution in [0.25, 0.3) is 11.2 Å². The van der Waals surface area contributed by atoms with E-state index in [1.807, 2.05) is 6.92 Å². The Bertz CT molecular complexity index is 1250. The zero-order valence-electron chi connectivity index (χ0n) is 30.4. The molecule has 2 aromatic heterocycles. The Labute approximate surface area is 301 Å². The van der Waals surface area contributed by atoms with E-state index in [4.69, 9.17) is 40.2 Å². The van der Waals surface area contributed by atoms with E-state index >= 15 is 0 Å². The van der Waals surface area contributed by atoms with Crippen molar-refractivity contribution in [3.8, 4) is 0 Å². The quantitative estimate of drug-likeness (QED) is 0.0352. The number of hydrogen-bond donors (Lipinski definition) is 1. The number of rotatable bonds is 30. The Morgan fingerprint density at radius 2 is 1.47 bits per heavy atom. The van der Waals surface area contributed by atoms with E-state index in [0.29, 0.717) is 23.5 Å². The molecular weight excluding hydrogens is 686 g/mol. The molecule has 2 rings (SSSR count). The molecule has 0 aliphatic rings. The van der Waals surface area contributed by atoms with Gasteiger partial charge in [-0.25, -0.2) is 19.7 Å². The number of anilines is 1. The Hall–Kier alpha value is -1.70. The SMILES string of the molecule is CCCCCCCCCCCCCCCCCCS(=S)CCO[P@@](=O)(CO[C@H](C)Cn1cnc2c(N)ncnc21)OCOC(=O)OC(C)C. The van der Waals surface area contributed by atoms with Crippen molar-refractivity contribution in [3.63, 3.8) is 0 Å². The lowest BCUT2D eigenvalue weighted by Gasteiger charge is -2.21. The van der Waals surface area contributed by atoms with Gasteiger partial charge in [-0.15, -0.1) is 9.45 Å². The number of aromatic nitrogens is 4. The van der Waals surface area contributed by atoms with Gasteiger partial charge in [0.1, 0.15) is 18.2 Å². The van der Waals surface area contributed by atoms with Crippen LogP contribution in [-0.4, -0.2) is 69.1 Å². The van der Waals surface area contributed by atoms with Crippen LogP contribution in [0.3, 0.4) is 0 Å². The van der Waals surface area contributed by atoms with Crippen LogP contribution >= 0.6 is 7.60 Å². The summed E-state index contributed by atoms with van der Waals surface area (Å²) in [7, 11) is -4.09. The third kappa shape index (κ3) is 20.1. The lowest BCUT2D eigenvalue weighted by Crippen LogP contribution is -2.20. The van der Waals surface area contributed by atoms with Gasteiger partial charge in [-0.3, -0.25) is 9.09 Å². The number of carbonyl (C=O) groups excluding carboxylic acids is 1. The highest BCUT2D eigenvalue weighted by Gasteiger charge is 2.28. The standard InChI is InChI=1S/C34H62N5O7PS2/c1-5-6-7-8-9-10-11-12-13-14-15-16-17-18-19-20-22-49(48)23-21-44-47(41,45-27-42-34(40)46-29(2)3)28-43-30(4)24-39-26-38-31-32(35)36-25-37-33(31)39/h25-26,29-30H,5-24,27-28H2,1-4H3,(H2,35,36,37)/t30-,47+,49?/m1/s1. The summed E-state index contributed by atoms with van der Waals surface area (Å²) < 4.78 is 42.3. The van der Waals surface area contributed by atoms with Crippen molar-refractivity contribution < 1.29 is 32.6 Å². The molecule has 0 bridgehead atoms. The highest BCUT2D eigenvalue weighted by molar-refractivity contribution is 8.28. The molecule has 0 saturated heterocycles. The summed E-state index contributed by atoms with van der Waals surface area (Å²) in [5.41, 5.74) is 6.95. The molecule has 0 aliphatic carbocycles. The molecule has 0 aliphatic heterocycles. The summed E-state index contributed by atoms with van der Waals surface area (Å²) in [6, 6.07) is 0. The number of carbonyl (C=O) groups is 1. The summed E-state index contributed by atoms with van der Waals surface area (Å²) in [6.45, 7) is 7.39. The average molecular weight is 748 g/mol. The Balaban J connectivity index is 1.64. The normalized spacial score (nSPS) is 14.2. The molecule has 0 fully saturated rings. The van der Waals surface area contributed by atoms with E-state index in [1.54, 1.807) is 24.7 Å². The van der Waals surface area contributed by atoms with Gasteiger partial charge in [-0.2, -0.15) is 0 Å². The summed E-state index contributed by atoms with van der Waals surface area (Å²) in [5.74, 6) is 1.80. The first kappa shape index (κ1) is 43.5. The maximum Gasteiger partial charge on any atom is 0.510 e. The van der Waals surface area contributed by atoms with Crippen molar-refractivity contribution in [2.75, 3.05) is 37.0 Å². The monoisotopic (exact) mass is 747 g/mol. The van der Waals surface area contributed by atoms with Crippen LogP contribution in [0.15, 0.2) is 12.7 Å².